The van der Waals surface area contributed by atoms with E-state index in [0.29, 0.717) is 19.6 Å². The number of nitrogens with one attached hydrogen (secondary N) is 1. The normalized spacial score (nSPS) is 11.3. The van der Waals surface area contributed by atoms with Gasteiger partial charge in [0.2, 0.25) is 5.96 Å². The molecule has 0 heterocycles. The fraction of sp³-hybridized carbons (Fsp3) is 0.667. The van der Waals surface area contributed by atoms with Gasteiger partial charge in [-0.1, -0.05) is 0 Å². The molecule has 0 aliphatic carbocycles. The molecule has 0 saturated heterocycles. The zero-order chi connectivity index (χ0) is 10.1. The largest absolute Gasteiger partial charge is 0.395 e. The van der Waals surface area contributed by atoms with Crippen molar-refractivity contribution in [2.45, 2.75) is 0 Å². The van der Waals surface area contributed by atoms with E-state index >= 15 is 0 Å². The van der Waals surface area contributed by atoms with Gasteiger partial charge < -0.3 is 27.6 Å². The lowest BCUT2D eigenvalue weighted by molar-refractivity contribution is 0.293. The molecule has 0 saturated carbocycles. The van der Waals surface area contributed by atoms with E-state index < -0.39 is 0 Å². The number of nitrogens with zero attached hydrogens (tertiary/aromatic N) is 2. The number of hydrogen-bond donors (Lipinski definition) is 5. The molecule has 0 aromatic heterocycles. The fourth-order valence-corrected chi connectivity index (χ4v) is 0.621. The van der Waals surface area contributed by atoms with E-state index in [-0.39, 0.29) is 18.5 Å². The van der Waals surface area contributed by atoms with Gasteiger partial charge in [0.15, 0.2) is 5.96 Å². The highest BCUT2D eigenvalue weighted by atomic mass is 16.3. The van der Waals surface area contributed by atoms with Crippen molar-refractivity contribution < 1.29 is 5.11 Å². The Kier molecular flexibility index (Phi) is 6.56. The summed E-state index contributed by atoms with van der Waals surface area (Å²) in [4.78, 5) is 7.36. The third kappa shape index (κ3) is 8.57. The first kappa shape index (κ1) is 11.7. The highest BCUT2D eigenvalue weighted by Gasteiger charge is 1.88. The molecule has 7 nitrogen and oxygen atoms in total. The van der Waals surface area contributed by atoms with Gasteiger partial charge in [-0.25, -0.2) is 0 Å². The highest BCUT2D eigenvalue weighted by molar-refractivity contribution is 5.92. The van der Waals surface area contributed by atoms with E-state index in [9.17, 15) is 0 Å². The van der Waals surface area contributed by atoms with Crippen LogP contribution in [0, 0.1) is 0 Å². The van der Waals surface area contributed by atoms with Crippen molar-refractivity contribution in [3.8, 4) is 0 Å². The van der Waals surface area contributed by atoms with Crippen LogP contribution in [0.5, 0.6) is 0 Å². The quantitative estimate of drug-likeness (QED) is 0.180. The Balaban J connectivity index is 3.54. The van der Waals surface area contributed by atoms with E-state index in [0.717, 1.165) is 0 Å². The van der Waals surface area contributed by atoms with Crippen molar-refractivity contribution in [2.24, 2.45) is 27.2 Å². The Hall–Kier alpha value is -1.34. The smallest absolute Gasteiger partial charge is 0.218 e. The maximum atomic E-state index is 8.42. The third-order valence-corrected chi connectivity index (χ3v) is 1.09. The zero-order valence-corrected chi connectivity index (χ0v) is 7.40. The maximum Gasteiger partial charge on any atom is 0.218 e. The summed E-state index contributed by atoms with van der Waals surface area (Å²) in [6.45, 7) is 1.74. The number of aliphatic hydroxyl groups excluding tert-OH is 1. The predicted molar refractivity (Wildman–Crippen MR) is 52.3 cm³/mol. The average molecular weight is 188 g/mol. The Morgan fingerprint density at radius 2 is 1.92 bits per heavy atom. The topological polar surface area (TPSA) is 135 Å². The Bertz CT molecular complexity index is 186. The summed E-state index contributed by atoms with van der Waals surface area (Å²) in [5.74, 6) is -0.0460. The van der Waals surface area contributed by atoms with E-state index in [1.807, 2.05) is 0 Å². The van der Waals surface area contributed by atoms with Crippen LogP contribution in [0.15, 0.2) is 9.98 Å². The summed E-state index contributed by atoms with van der Waals surface area (Å²) in [5, 5.41) is 11.3. The summed E-state index contributed by atoms with van der Waals surface area (Å²) >= 11 is 0. The van der Waals surface area contributed by atoms with Crippen LogP contribution in [0.3, 0.4) is 0 Å². The minimum absolute atomic E-state index is 0.0609. The first-order valence-electron chi connectivity index (χ1n) is 3.88. The predicted octanol–water partition coefficient (Wildman–Crippen LogP) is -2.84. The second kappa shape index (κ2) is 7.32. The minimum Gasteiger partial charge on any atom is -0.395 e. The van der Waals surface area contributed by atoms with Crippen LogP contribution in [-0.2, 0) is 0 Å². The van der Waals surface area contributed by atoms with E-state index in [1.165, 1.54) is 0 Å². The lowest BCUT2D eigenvalue weighted by Crippen LogP contribution is -2.27. The summed E-state index contributed by atoms with van der Waals surface area (Å²) in [6, 6.07) is 0. The zero-order valence-electron chi connectivity index (χ0n) is 7.40. The lowest BCUT2D eigenvalue weighted by atomic mass is 10.6. The SMILES string of the molecule is NC(N)=NC(N)=NCCNCCO. The second-order valence-corrected chi connectivity index (χ2v) is 2.25. The van der Waals surface area contributed by atoms with Crippen molar-refractivity contribution >= 4 is 11.9 Å². The lowest BCUT2D eigenvalue weighted by Gasteiger charge is -1.98. The molecule has 0 bridgehead atoms. The summed E-state index contributed by atoms with van der Waals surface area (Å²) < 4.78 is 0. The monoisotopic (exact) mass is 188 g/mol. The molecule has 0 aliphatic heterocycles. The van der Waals surface area contributed by atoms with Gasteiger partial charge in [-0.05, 0) is 0 Å². The van der Waals surface area contributed by atoms with Crippen LogP contribution in [0.4, 0.5) is 0 Å². The van der Waals surface area contributed by atoms with E-state index in [2.05, 4.69) is 15.3 Å². The Morgan fingerprint density at radius 1 is 1.23 bits per heavy atom. The molecule has 0 atom stereocenters. The molecule has 0 fully saturated rings. The van der Waals surface area contributed by atoms with E-state index in [1.54, 1.807) is 0 Å². The molecule has 0 radical (unpaired) electrons. The Morgan fingerprint density at radius 3 is 2.46 bits per heavy atom. The molecule has 8 N–H and O–H groups in total. The average Bonchev–Trinajstić information content (AvgIpc) is 2.02. The van der Waals surface area contributed by atoms with Gasteiger partial charge in [-0.2, -0.15) is 4.99 Å². The highest BCUT2D eigenvalue weighted by Crippen LogP contribution is 1.72. The maximum absolute atomic E-state index is 8.42. The molecule has 7 heteroatoms. The summed E-state index contributed by atoms with van der Waals surface area (Å²) in [7, 11) is 0. The molecular weight excluding hydrogens is 172 g/mol. The molecule has 0 rings (SSSR count). The summed E-state index contributed by atoms with van der Waals surface area (Å²) in [6.07, 6.45) is 0. The van der Waals surface area contributed by atoms with Crippen molar-refractivity contribution in [3.05, 3.63) is 0 Å². The summed E-state index contributed by atoms with van der Waals surface area (Å²) in [5.41, 5.74) is 15.4. The van der Waals surface area contributed by atoms with Gasteiger partial charge in [0.05, 0.1) is 13.2 Å². The van der Waals surface area contributed by atoms with Crippen molar-refractivity contribution in [2.75, 3.05) is 26.2 Å². The Labute approximate surface area is 76.7 Å². The van der Waals surface area contributed by atoms with Crippen LogP contribution in [-0.4, -0.2) is 43.3 Å². The van der Waals surface area contributed by atoms with Crippen molar-refractivity contribution in [1.82, 2.24) is 5.32 Å². The molecule has 0 unspecified atom stereocenters. The van der Waals surface area contributed by atoms with Crippen LogP contribution in [0.25, 0.3) is 0 Å². The van der Waals surface area contributed by atoms with Gasteiger partial charge in [-0.15, -0.1) is 0 Å². The van der Waals surface area contributed by atoms with Crippen LogP contribution in [0.2, 0.25) is 0 Å². The standard InChI is InChI=1S/C6H16N6O/c7-5(8)12-6(9)11-2-1-10-3-4-13/h10,13H,1-4H2,(H6,7,8,9,11,12). The third-order valence-electron chi connectivity index (χ3n) is 1.09. The van der Waals surface area contributed by atoms with Gasteiger partial charge in [0.1, 0.15) is 0 Å². The van der Waals surface area contributed by atoms with Crippen molar-refractivity contribution in [3.63, 3.8) is 0 Å². The number of guanidine groups is 2. The van der Waals surface area contributed by atoms with Gasteiger partial charge in [0.25, 0.3) is 0 Å². The minimum atomic E-state index is -0.107. The van der Waals surface area contributed by atoms with Crippen molar-refractivity contribution in [1.29, 1.82) is 0 Å². The molecule has 13 heavy (non-hydrogen) atoms. The molecule has 76 valence electrons. The van der Waals surface area contributed by atoms with E-state index in [4.69, 9.17) is 22.3 Å². The molecule has 0 aromatic carbocycles. The van der Waals surface area contributed by atoms with Gasteiger partial charge in [0, 0.05) is 13.1 Å². The van der Waals surface area contributed by atoms with Gasteiger partial charge >= 0.3 is 0 Å². The van der Waals surface area contributed by atoms with Crippen LogP contribution < -0.4 is 22.5 Å². The number of hydrogen-bond acceptors (Lipinski definition) is 3. The molecule has 0 spiro atoms. The first-order chi connectivity index (χ1) is 6.16. The van der Waals surface area contributed by atoms with Crippen LogP contribution in [0.1, 0.15) is 0 Å². The van der Waals surface area contributed by atoms with Gasteiger partial charge in [-0.3, -0.25) is 4.99 Å². The number of rotatable bonds is 5. The fourth-order valence-electron chi connectivity index (χ4n) is 0.621. The molecule has 0 amide bonds. The number of aliphatic imine (C=N–C) groups is 2. The molecule has 0 aliphatic rings. The number of aliphatic hydroxyl groups is 1. The second-order valence-electron chi connectivity index (χ2n) is 2.25. The molecular formula is C6H16N6O. The number of nitrogens with two attached hydrogens (primary N) is 3. The van der Waals surface area contributed by atoms with Crippen LogP contribution >= 0.6 is 0 Å². The molecule has 0 aromatic rings. The first-order valence-corrected chi connectivity index (χ1v) is 3.88.